The molecule has 2 aromatic carbocycles. The molecule has 0 heterocycles. The molecule has 0 fully saturated rings. The number of methoxy groups -OCH3 is 1. The number of carbonyl (C=O) groups excluding carboxylic acids is 2. The first-order valence-corrected chi connectivity index (χ1v) is 8.54. The van der Waals surface area contributed by atoms with Gasteiger partial charge in [0.1, 0.15) is 0 Å². The van der Waals surface area contributed by atoms with E-state index in [9.17, 15) is 9.59 Å². The van der Waals surface area contributed by atoms with Crippen molar-refractivity contribution in [2.45, 2.75) is 38.6 Å². The van der Waals surface area contributed by atoms with Gasteiger partial charge in [0, 0.05) is 11.3 Å². The number of hydrogen-bond donors (Lipinski definition) is 2. The molecule has 0 aliphatic heterocycles. The molecule has 2 rings (SSSR count). The molecular formula is C21H26N2O3. The number of nitrogens with two attached hydrogens (primary N) is 1. The lowest BCUT2D eigenvalue weighted by Gasteiger charge is -2.22. The van der Waals surface area contributed by atoms with Crippen molar-refractivity contribution >= 4 is 17.6 Å². The summed E-state index contributed by atoms with van der Waals surface area (Å²) in [6, 6.07) is 14.2. The van der Waals surface area contributed by atoms with Gasteiger partial charge in [-0.05, 0) is 34.7 Å². The third kappa shape index (κ3) is 5.09. The number of ether oxygens (including phenoxy) is 1. The molecular weight excluding hydrogens is 328 g/mol. The van der Waals surface area contributed by atoms with Gasteiger partial charge in [0.25, 0.3) is 5.91 Å². The van der Waals surface area contributed by atoms with Crippen molar-refractivity contribution in [3.8, 4) is 0 Å². The van der Waals surface area contributed by atoms with E-state index in [1.165, 1.54) is 12.7 Å². The Morgan fingerprint density at radius 2 is 1.77 bits per heavy atom. The molecule has 1 unspecified atom stereocenters. The van der Waals surface area contributed by atoms with Crippen molar-refractivity contribution in [1.29, 1.82) is 0 Å². The van der Waals surface area contributed by atoms with Gasteiger partial charge < -0.3 is 15.8 Å². The predicted octanol–water partition coefficient (Wildman–Crippen LogP) is 3.60. The molecule has 2 aromatic rings. The second kappa shape index (κ2) is 8.04. The fourth-order valence-corrected chi connectivity index (χ4v) is 2.64. The average molecular weight is 354 g/mol. The van der Waals surface area contributed by atoms with Crippen LogP contribution in [0, 0.1) is 0 Å². The summed E-state index contributed by atoms with van der Waals surface area (Å²) in [5, 5.41) is 2.90. The Hall–Kier alpha value is -2.82. The molecule has 0 bridgehead atoms. The summed E-state index contributed by atoms with van der Waals surface area (Å²) in [5.41, 5.74) is 8.76. The number of anilines is 1. The Bertz CT molecular complexity index is 777. The normalized spacial score (nSPS) is 12.3. The van der Waals surface area contributed by atoms with Crippen LogP contribution in [0.1, 0.15) is 54.7 Å². The fourth-order valence-electron chi connectivity index (χ4n) is 2.64. The molecule has 1 atom stereocenters. The molecule has 1 amide bonds. The van der Waals surface area contributed by atoms with E-state index in [1.54, 1.807) is 24.3 Å². The number of esters is 1. The number of benzene rings is 2. The van der Waals surface area contributed by atoms with Gasteiger partial charge in [-0.1, -0.05) is 51.1 Å². The quantitative estimate of drug-likeness (QED) is 0.635. The third-order valence-electron chi connectivity index (χ3n) is 4.23. The van der Waals surface area contributed by atoms with E-state index < -0.39 is 6.04 Å². The Balaban J connectivity index is 2.25. The molecule has 3 N–H and O–H groups in total. The summed E-state index contributed by atoms with van der Waals surface area (Å²) in [5.74, 6) is -0.672. The zero-order valence-corrected chi connectivity index (χ0v) is 15.7. The van der Waals surface area contributed by atoms with E-state index in [0.717, 1.165) is 5.56 Å². The number of carbonyl (C=O) groups is 2. The van der Waals surface area contributed by atoms with Gasteiger partial charge in [0.2, 0.25) is 0 Å². The Morgan fingerprint density at radius 3 is 2.31 bits per heavy atom. The number of nitrogen functional groups attached to an aromatic ring is 1. The number of rotatable bonds is 5. The van der Waals surface area contributed by atoms with Crippen LogP contribution in [0.4, 0.5) is 5.69 Å². The van der Waals surface area contributed by atoms with Gasteiger partial charge in [0.05, 0.1) is 19.6 Å². The number of hydrogen-bond acceptors (Lipinski definition) is 4. The smallest absolute Gasteiger partial charge is 0.307 e. The first kappa shape index (κ1) is 19.5. The van der Waals surface area contributed by atoms with E-state index in [2.05, 4.69) is 26.1 Å². The molecule has 0 saturated carbocycles. The molecule has 0 aliphatic rings. The summed E-state index contributed by atoms with van der Waals surface area (Å²) in [4.78, 5) is 24.4. The Kier molecular flexibility index (Phi) is 6.03. The maximum Gasteiger partial charge on any atom is 0.307 e. The zero-order valence-electron chi connectivity index (χ0n) is 15.7. The number of amides is 1. The van der Waals surface area contributed by atoms with Crippen LogP contribution < -0.4 is 11.1 Å². The van der Waals surface area contributed by atoms with Crippen molar-refractivity contribution < 1.29 is 14.3 Å². The van der Waals surface area contributed by atoms with Crippen molar-refractivity contribution in [3.05, 3.63) is 65.2 Å². The SMILES string of the molecule is COC(=O)CC(NC(=O)c1cccc(N)c1)c1ccc(C(C)(C)C)cc1. The molecule has 0 aliphatic carbocycles. The van der Waals surface area contributed by atoms with Crippen molar-refractivity contribution in [2.75, 3.05) is 12.8 Å². The van der Waals surface area contributed by atoms with Crippen LogP contribution >= 0.6 is 0 Å². The van der Waals surface area contributed by atoms with Crippen LogP contribution in [0.15, 0.2) is 48.5 Å². The largest absolute Gasteiger partial charge is 0.469 e. The minimum atomic E-state index is -0.481. The molecule has 0 saturated heterocycles. The lowest BCUT2D eigenvalue weighted by atomic mass is 9.86. The van der Waals surface area contributed by atoms with Gasteiger partial charge in [0.15, 0.2) is 0 Å². The van der Waals surface area contributed by atoms with Gasteiger partial charge in [-0.25, -0.2) is 0 Å². The average Bonchev–Trinajstić information content (AvgIpc) is 2.60. The van der Waals surface area contributed by atoms with E-state index in [4.69, 9.17) is 10.5 Å². The lowest BCUT2D eigenvalue weighted by molar-refractivity contribution is -0.141. The Morgan fingerprint density at radius 1 is 1.12 bits per heavy atom. The summed E-state index contributed by atoms with van der Waals surface area (Å²) in [6.45, 7) is 6.40. The van der Waals surface area contributed by atoms with E-state index in [1.807, 2.05) is 24.3 Å². The van der Waals surface area contributed by atoms with Crippen LogP contribution in [0.5, 0.6) is 0 Å². The van der Waals surface area contributed by atoms with Gasteiger partial charge in [-0.3, -0.25) is 9.59 Å². The minimum Gasteiger partial charge on any atom is -0.469 e. The topological polar surface area (TPSA) is 81.4 Å². The first-order chi connectivity index (χ1) is 12.2. The second-order valence-electron chi connectivity index (χ2n) is 7.30. The zero-order chi connectivity index (χ0) is 19.3. The van der Waals surface area contributed by atoms with Crippen LogP contribution in [-0.4, -0.2) is 19.0 Å². The summed E-state index contributed by atoms with van der Waals surface area (Å²) in [6.07, 6.45) is 0.0550. The standard InChI is InChI=1S/C21H26N2O3/c1-21(2,3)16-10-8-14(9-11-16)18(13-19(24)26-4)23-20(25)15-6-5-7-17(22)12-15/h5-12,18H,13,22H2,1-4H3,(H,23,25). The highest BCUT2D eigenvalue weighted by molar-refractivity contribution is 5.95. The van der Waals surface area contributed by atoms with Crippen molar-refractivity contribution in [2.24, 2.45) is 0 Å². The van der Waals surface area contributed by atoms with Gasteiger partial charge in [-0.15, -0.1) is 0 Å². The first-order valence-electron chi connectivity index (χ1n) is 8.54. The van der Waals surface area contributed by atoms with E-state index in [-0.39, 0.29) is 23.7 Å². The highest BCUT2D eigenvalue weighted by atomic mass is 16.5. The predicted molar refractivity (Wildman–Crippen MR) is 103 cm³/mol. The van der Waals surface area contributed by atoms with E-state index >= 15 is 0 Å². The highest BCUT2D eigenvalue weighted by Gasteiger charge is 2.21. The number of nitrogens with one attached hydrogen (secondary N) is 1. The molecule has 5 heteroatoms. The van der Waals surface area contributed by atoms with Gasteiger partial charge >= 0.3 is 5.97 Å². The summed E-state index contributed by atoms with van der Waals surface area (Å²) < 4.78 is 4.78. The second-order valence-corrected chi connectivity index (χ2v) is 7.30. The van der Waals surface area contributed by atoms with Crippen LogP contribution in [0.3, 0.4) is 0 Å². The molecule has 0 radical (unpaired) electrons. The van der Waals surface area contributed by atoms with Crippen LogP contribution in [0.2, 0.25) is 0 Å². The maximum absolute atomic E-state index is 12.6. The summed E-state index contributed by atoms with van der Waals surface area (Å²) in [7, 11) is 1.34. The maximum atomic E-state index is 12.6. The van der Waals surface area contributed by atoms with Gasteiger partial charge in [-0.2, -0.15) is 0 Å². The van der Waals surface area contributed by atoms with Crippen LogP contribution in [0.25, 0.3) is 0 Å². The highest BCUT2D eigenvalue weighted by Crippen LogP contribution is 2.25. The lowest BCUT2D eigenvalue weighted by Crippen LogP contribution is -2.30. The monoisotopic (exact) mass is 354 g/mol. The Labute approximate surface area is 154 Å². The van der Waals surface area contributed by atoms with Crippen LogP contribution in [-0.2, 0) is 14.9 Å². The van der Waals surface area contributed by atoms with Crippen molar-refractivity contribution in [3.63, 3.8) is 0 Å². The van der Waals surface area contributed by atoms with Crippen molar-refractivity contribution in [1.82, 2.24) is 5.32 Å². The molecule has 0 aromatic heterocycles. The molecule has 138 valence electrons. The molecule has 0 spiro atoms. The summed E-state index contributed by atoms with van der Waals surface area (Å²) >= 11 is 0. The fraction of sp³-hybridized carbons (Fsp3) is 0.333. The molecule has 5 nitrogen and oxygen atoms in total. The third-order valence-corrected chi connectivity index (χ3v) is 4.23. The minimum absolute atomic E-state index is 0.0290. The molecule has 26 heavy (non-hydrogen) atoms. The van der Waals surface area contributed by atoms with E-state index in [0.29, 0.717) is 11.3 Å².